The summed E-state index contributed by atoms with van der Waals surface area (Å²) in [6.45, 7) is 4.08. The van der Waals surface area contributed by atoms with Gasteiger partial charge in [-0.3, -0.25) is 4.98 Å². The molecule has 0 bridgehead atoms. The number of rotatable bonds is 6. The maximum absolute atomic E-state index is 13.1. The first kappa shape index (κ1) is 19.3. The quantitative estimate of drug-likeness (QED) is 0.594. The van der Waals surface area contributed by atoms with E-state index in [9.17, 15) is 14.4 Å². The molecular formula is C22H19FN2O3. The Bertz CT molecular complexity index is 1060. The van der Waals surface area contributed by atoms with Gasteiger partial charge in [0.05, 0.1) is 24.8 Å². The van der Waals surface area contributed by atoms with E-state index in [1.54, 1.807) is 25.3 Å². The minimum absolute atomic E-state index is 0.187. The molecule has 6 heteroatoms. The maximum Gasteiger partial charge on any atom is 0.342 e. The van der Waals surface area contributed by atoms with Crippen molar-refractivity contribution in [2.45, 2.75) is 20.3 Å². The molecule has 3 aromatic rings. The van der Waals surface area contributed by atoms with Crippen molar-refractivity contribution in [2.75, 3.05) is 13.2 Å². The number of benzene rings is 2. The molecule has 0 aliphatic carbocycles. The number of carbonyl (C=O) groups is 1. The van der Waals surface area contributed by atoms with Crippen LogP contribution in [0, 0.1) is 17.1 Å². The first-order valence-electron chi connectivity index (χ1n) is 8.97. The van der Waals surface area contributed by atoms with Crippen molar-refractivity contribution in [3.8, 4) is 11.8 Å². The van der Waals surface area contributed by atoms with Gasteiger partial charge in [0.1, 0.15) is 16.9 Å². The van der Waals surface area contributed by atoms with Crippen molar-refractivity contribution in [2.24, 2.45) is 0 Å². The molecule has 1 heterocycles. The number of aromatic nitrogens is 1. The molecule has 0 saturated heterocycles. The van der Waals surface area contributed by atoms with Crippen LogP contribution in [0.25, 0.3) is 10.9 Å². The van der Waals surface area contributed by atoms with Gasteiger partial charge < -0.3 is 9.47 Å². The number of ether oxygens (including phenoxy) is 2. The number of pyridine rings is 1. The van der Waals surface area contributed by atoms with Crippen molar-refractivity contribution >= 4 is 16.9 Å². The van der Waals surface area contributed by atoms with Gasteiger partial charge in [-0.1, -0.05) is 12.1 Å². The second kappa shape index (κ2) is 8.49. The van der Waals surface area contributed by atoms with Gasteiger partial charge in [-0.2, -0.15) is 5.26 Å². The van der Waals surface area contributed by atoms with Crippen LogP contribution >= 0.6 is 0 Å². The van der Waals surface area contributed by atoms with Gasteiger partial charge in [0.15, 0.2) is 5.75 Å². The van der Waals surface area contributed by atoms with E-state index in [2.05, 4.69) is 11.1 Å². The van der Waals surface area contributed by atoms with Gasteiger partial charge in [-0.15, -0.1) is 0 Å². The molecule has 142 valence electrons. The third-order valence-corrected chi connectivity index (χ3v) is 4.21. The first-order valence-corrected chi connectivity index (χ1v) is 8.97. The minimum atomic E-state index is -0.554. The normalized spacial score (nSPS) is 10.5. The summed E-state index contributed by atoms with van der Waals surface area (Å²) in [7, 11) is 0. The van der Waals surface area contributed by atoms with Gasteiger partial charge in [-0.25, -0.2) is 9.18 Å². The molecule has 28 heavy (non-hydrogen) atoms. The molecule has 0 saturated carbocycles. The molecule has 5 nitrogen and oxygen atoms in total. The fraction of sp³-hybridized carbons (Fsp3) is 0.227. The molecule has 0 N–H and O–H groups in total. The number of nitrogens with zero attached hydrogens (tertiary/aromatic N) is 2. The van der Waals surface area contributed by atoms with E-state index in [1.807, 2.05) is 13.0 Å². The maximum atomic E-state index is 13.1. The third-order valence-electron chi connectivity index (χ3n) is 4.21. The van der Waals surface area contributed by atoms with Crippen LogP contribution in [0.1, 0.15) is 40.9 Å². The average molecular weight is 378 g/mol. The van der Waals surface area contributed by atoms with Gasteiger partial charge in [-0.05, 0) is 55.7 Å². The van der Waals surface area contributed by atoms with E-state index >= 15 is 0 Å². The second-order valence-electron chi connectivity index (χ2n) is 6.11. The Hall–Kier alpha value is -3.46. The summed E-state index contributed by atoms with van der Waals surface area (Å²) >= 11 is 0. The Labute approximate surface area is 162 Å². The van der Waals surface area contributed by atoms with E-state index < -0.39 is 5.97 Å². The highest BCUT2D eigenvalue weighted by atomic mass is 19.1. The number of esters is 1. The Kier molecular flexibility index (Phi) is 5.85. The number of nitriles is 1. The lowest BCUT2D eigenvalue weighted by Gasteiger charge is -2.14. The predicted molar refractivity (Wildman–Crippen MR) is 103 cm³/mol. The highest BCUT2D eigenvalue weighted by Crippen LogP contribution is 2.33. The molecule has 1 aromatic heterocycles. The number of hydrogen-bond acceptors (Lipinski definition) is 5. The Morgan fingerprint density at radius 3 is 2.54 bits per heavy atom. The largest absolute Gasteiger partial charge is 0.491 e. The first-order chi connectivity index (χ1) is 13.6. The van der Waals surface area contributed by atoms with E-state index in [4.69, 9.17) is 9.47 Å². The second-order valence-corrected chi connectivity index (χ2v) is 6.11. The zero-order valence-corrected chi connectivity index (χ0v) is 15.7. The SMILES string of the molecule is CCOC(=O)c1cc(C#N)c2cc(Cc3ccc(F)cc3)cnc2c1OCC. The molecular weight excluding hydrogens is 359 g/mol. The fourth-order valence-corrected chi connectivity index (χ4v) is 2.99. The molecule has 0 aliphatic rings. The Balaban J connectivity index is 2.12. The molecule has 0 fully saturated rings. The van der Waals surface area contributed by atoms with E-state index in [0.717, 1.165) is 11.1 Å². The van der Waals surface area contributed by atoms with Gasteiger partial charge in [0, 0.05) is 11.6 Å². The van der Waals surface area contributed by atoms with Crippen LogP contribution in [0.5, 0.6) is 5.75 Å². The molecule has 0 aliphatic heterocycles. The van der Waals surface area contributed by atoms with Crippen LogP contribution in [0.2, 0.25) is 0 Å². The van der Waals surface area contributed by atoms with Crippen molar-refractivity contribution in [3.63, 3.8) is 0 Å². The summed E-state index contributed by atoms with van der Waals surface area (Å²) in [5.41, 5.74) is 2.73. The van der Waals surface area contributed by atoms with Crippen LogP contribution in [-0.2, 0) is 11.2 Å². The van der Waals surface area contributed by atoms with Crippen molar-refractivity contribution in [1.82, 2.24) is 4.98 Å². The summed E-state index contributed by atoms with van der Waals surface area (Å²) in [4.78, 5) is 16.8. The van der Waals surface area contributed by atoms with E-state index in [1.165, 1.54) is 18.2 Å². The fourth-order valence-electron chi connectivity index (χ4n) is 2.99. The smallest absolute Gasteiger partial charge is 0.342 e. The molecule has 0 radical (unpaired) electrons. The standard InChI is InChI=1S/C22H19FN2O3/c1-3-27-21-19(22(26)28-4-2)11-16(12-24)18-10-15(13-25-20(18)21)9-14-5-7-17(23)8-6-14/h5-8,10-11,13H,3-4,9H2,1-2H3. The molecule has 3 rings (SSSR count). The summed E-state index contributed by atoms with van der Waals surface area (Å²) < 4.78 is 23.9. The predicted octanol–water partition coefficient (Wildman–Crippen LogP) is 4.41. The van der Waals surface area contributed by atoms with Crippen molar-refractivity contribution < 1.29 is 18.7 Å². The highest BCUT2D eigenvalue weighted by Gasteiger charge is 2.21. The highest BCUT2D eigenvalue weighted by molar-refractivity contribution is 6.02. The van der Waals surface area contributed by atoms with Crippen molar-refractivity contribution in [3.05, 3.63) is 70.7 Å². The minimum Gasteiger partial charge on any atom is -0.491 e. The molecule has 0 amide bonds. The zero-order valence-electron chi connectivity index (χ0n) is 15.7. The van der Waals surface area contributed by atoms with E-state index in [0.29, 0.717) is 35.2 Å². The van der Waals surface area contributed by atoms with E-state index in [-0.39, 0.29) is 18.0 Å². The lowest BCUT2D eigenvalue weighted by Crippen LogP contribution is -2.09. The van der Waals surface area contributed by atoms with Crippen LogP contribution in [0.15, 0.2) is 42.6 Å². The third kappa shape index (κ3) is 3.94. The summed E-state index contributed by atoms with van der Waals surface area (Å²) in [5, 5.41) is 10.2. The average Bonchev–Trinajstić information content (AvgIpc) is 2.70. The number of carbonyl (C=O) groups excluding carboxylic acids is 1. The summed E-state index contributed by atoms with van der Waals surface area (Å²) in [6.07, 6.45) is 2.21. The lowest BCUT2D eigenvalue weighted by atomic mass is 9.99. The number of halogens is 1. The topological polar surface area (TPSA) is 72.2 Å². The van der Waals surface area contributed by atoms with Gasteiger partial charge >= 0.3 is 5.97 Å². The van der Waals surface area contributed by atoms with Crippen LogP contribution in [0.3, 0.4) is 0 Å². The summed E-state index contributed by atoms with van der Waals surface area (Å²) in [5.74, 6) is -0.537. The van der Waals surface area contributed by atoms with Crippen molar-refractivity contribution in [1.29, 1.82) is 5.26 Å². The zero-order chi connectivity index (χ0) is 20.1. The monoisotopic (exact) mass is 378 g/mol. The molecule has 2 aromatic carbocycles. The van der Waals surface area contributed by atoms with Crippen LogP contribution in [0.4, 0.5) is 4.39 Å². The molecule has 0 spiro atoms. The Morgan fingerprint density at radius 2 is 1.89 bits per heavy atom. The number of hydrogen-bond donors (Lipinski definition) is 0. The summed E-state index contributed by atoms with van der Waals surface area (Å²) in [6, 6.07) is 11.7. The van der Waals surface area contributed by atoms with Crippen LogP contribution in [-0.4, -0.2) is 24.2 Å². The van der Waals surface area contributed by atoms with Crippen LogP contribution < -0.4 is 4.74 Å². The van der Waals surface area contributed by atoms with Gasteiger partial charge in [0.25, 0.3) is 0 Å². The lowest BCUT2D eigenvalue weighted by molar-refractivity contribution is 0.0522. The molecule has 0 unspecified atom stereocenters. The van der Waals surface area contributed by atoms with Gasteiger partial charge in [0.2, 0.25) is 0 Å². The molecule has 0 atom stereocenters. The Morgan fingerprint density at radius 1 is 1.14 bits per heavy atom. The number of fused-ring (bicyclic) bond motifs is 1.